The molecule has 126 valence electrons. The van der Waals surface area contributed by atoms with E-state index in [4.69, 9.17) is 0 Å². The van der Waals surface area contributed by atoms with Crippen molar-refractivity contribution in [2.45, 2.75) is 46.1 Å². The van der Waals surface area contributed by atoms with Crippen molar-refractivity contribution in [2.24, 2.45) is 0 Å². The van der Waals surface area contributed by atoms with E-state index in [0.717, 1.165) is 46.2 Å². The van der Waals surface area contributed by atoms with Gasteiger partial charge < -0.3 is 5.32 Å². The lowest BCUT2D eigenvalue weighted by Crippen LogP contribution is -2.22. The molecule has 3 rings (SSSR count). The second-order valence-electron chi connectivity index (χ2n) is 5.65. The summed E-state index contributed by atoms with van der Waals surface area (Å²) in [5.74, 6) is 0.987. The standard InChI is InChI=1S/C17H21N5OS/c1-3-5-6-15(23)18-11-12-7-9-13(10-8-12)16-21-22-14(4-2)19-20-17(22)24-16/h7-10H,3-6,11H2,1-2H3,(H,18,23). The molecule has 1 amide bonds. The number of rotatable bonds is 7. The molecule has 0 aliphatic heterocycles. The summed E-state index contributed by atoms with van der Waals surface area (Å²) in [4.78, 5) is 12.5. The lowest BCUT2D eigenvalue weighted by Gasteiger charge is -2.05. The Morgan fingerprint density at radius 1 is 1.21 bits per heavy atom. The number of fused-ring (bicyclic) bond motifs is 1. The van der Waals surface area contributed by atoms with Gasteiger partial charge in [0, 0.05) is 24.9 Å². The van der Waals surface area contributed by atoms with E-state index in [2.05, 4.69) is 27.5 Å². The lowest BCUT2D eigenvalue weighted by molar-refractivity contribution is -0.121. The van der Waals surface area contributed by atoms with Crippen molar-refractivity contribution in [3.8, 4) is 10.6 Å². The van der Waals surface area contributed by atoms with Crippen molar-refractivity contribution >= 4 is 22.2 Å². The predicted octanol–water partition coefficient (Wildman–Crippen LogP) is 3.22. The zero-order chi connectivity index (χ0) is 16.9. The first-order valence-electron chi connectivity index (χ1n) is 8.28. The highest BCUT2D eigenvalue weighted by Gasteiger charge is 2.11. The highest BCUT2D eigenvalue weighted by Crippen LogP contribution is 2.25. The van der Waals surface area contributed by atoms with Gasteiger partial charge in [-0.2, -0.15) is 9.61 Å². The maximum atomic E-state index is 11.7. The van der Waals surface area contributed by atoms with E-state index in [0.29, 0.717) is 13.0 Å². The van der Waals surface area contributed by atoms with Gasteiger partial charge in [0.2, 0.25) is 10.9 Å². The van der Waals surface area contributed by atoms with Gasteiger partial charge in [-0.25, -0.2) is 0 Å². The number of hydrogen-bond donors (Lipinski definition) is 1. The Morgan fingerprint density at radius 3 is 2.71 bits per heavy atom. The molecular weight excluding hydrogens is 322 g/mol. The Kier molecular flexibility index (Phi) is 5.20. The van der Waals surface area contributed by atoms with E-state index in [1.54, 1.807) is 0 Å². The number of aromatic nitrogens is 4. The molecule has 7 heteroatoms. The third-order valence-electron chi connectivity index (χ3n) is 3.82. The molecule has 0 aliphatic carbocycles. The van der Waals surface area contributed by atoms with Crippen LogP contribution in [-0.4, -0.2) is 25.7 Å². The average molecular weight is 343 g/mol. The van der Waals surface area contributed by atoms with Crippen molar-refractivity contribution in [3.05, 3.63) is 35.7 Å². The van der Waals surface area contributed by atoms with Gasteiger partial charge in [-0.3, -0.25) is 4.79 Å². The molecule has 0 unspecified atom stereocenters. The molecule has 0 aliphatic rings. The predicted molar refractivity (Wildman–Crippen MR) is 94.8 cm³/mol. The molecule has 0 radical (unpaired) electrons. The van der Waals surface area contributed by atoms with E-state index in [9.17, 15) is 4.79 Å². The summed E-state index contributed by atoms with van der Waals surface area (Å²) in [7, 11) is 0. The van der Waals surface area contributed by atoms with Crippen LogP contribution in [-0.2, 0) is 17.8 Å². The third-order valence-corrected chi connectivity index (χ3v) is 4.77. The van der Waals surface area contributed by atoms with Crippen LogP contribution in [0.4, 0.5) is 0 Å². The molecular formula is C17H21N5OS. The highest BCUT2D eigenvalue weighted by atomic mass is 32.1. The largest absolute Gasteiger partial charge is 0.352 e. The molecule has 0 spiro atoms. The Morgan fingerprint density at radius 2 is 2.00 bits per heavy atom. The van der Waals surface area contributed by atoms with Crippen LogP contribution in [0.3, 0.4) is 0 Å². The quantitative estimate of drug-likeness (QED) is 0.715. The first kappa shape index (κ1) is 16.6. The smallest absolute Gasteiger partial charge is 0.234 e. The number of hydrogen-bond acceptors (Lipinski definition) is 5. The number of nitrogens with zero attached hydrogens (tertiary/aromatic N) is 4. The van der Waals surface area contributed by atoms with E-state index < -0.39 is 0 Å². The summed E-state index contributed by atoms with van der Waals surface area (Å²) < 4.78 is 1.81. The van der Waals surface area contributed by atoms with Crippen LogP contribution in [0.25, 0.3) is 15.5 Å². The molecule has 2 heterocycles. The minimum absolute atomic E-state index is 0.113. The van der Waals surface area contributed by atoms with E-state index >= 15 is 0 Å². The third kappa shape index (κ3) is 3.62. The normalized spacial score (nSPS) is 11.1. The van der Waals surface area contributed by atoms with Crippen molar-refractivity contribution in [1.82, 2.24) is 25.1 Å². The summed E-state index contributed by atoms with van der Waals surface area (Å²) in [5.41, 5.74) is 2.13. The first-order chi connectivity index (χ1) is 11.7. The summed E-state index contributed by atoms with van der Waals surface area (Å²) in [5, 5.41) is 16.7. The number of aryl methyl sites for hydroxylation is 1. The molecule has 3 aromatic rings. The van der Waals surface area contributed by atoms with Gasteiger partial charge in [-0.1, -0.05) is 55.9 Å². The monoisotopic (exact) mass is 343 g/mol. The number of carbonyl (C=O) groups is 1. The molecule has 1 aromatic carbocycles. The topological polar surface area (TPSA) is 72.2 Å². The minimum atomic E-state index is 0.113. The molecule has 0 saturated carbocycles. The first-order valence-corrected chi connectivity index (χ1v) is 9.10. The van der Waals surface area contributed by atoms with Gasteiger partial charge >= 0.3 is 0 Å². The SMILES string of the molecule is CCCCC(=O)NCc1ccc(-c2nn3c(CC)nnc3s2)cc1. The summed E-state index contributed by atoms with van der Waals surface area (Å²) in [6.45, 7) is 4.69. The van der Waals surface area contributed by atoms with E-state index in [-0.39, 0.29) is 5.91 Å². The highest BCUT2D eigenvalue weighted by molar-refractivity contribution is 7.19. The van der Waals surface area contributed by atoms with Crippen LogP contribution in [0.2, 0.25) is 0 Å². The van der Waals surface area contributed by atoms with Gasteiger partial charge in [0.05, 0.1) is 0 Å². The lowest BCUT2D eigenvalue weighted by atomic mass is 10.1. The Bertz CT molecular complexity index is 821. The number of benzene rings is 1. The Hall–Kier alpha value is -2.28. The maximum Gasteiger partial charge on any atom is 0.234 e. The van der Waals surface area contributed by atoms with Crippen LogP contribution in [0.5, 0.6) is 0 Å². The van der Waals surface area contributed by atoms with E-state index in [1.165, 1.54) is 11.3 Å². The average Bonchev–Trinajstić information content (AvgIpc) is 3.19. The van der Waals surface area contributed by atoms with Crippen LogP contribution >= 0.6 is 11.3 Å². The van der Waals surface area contributed by atoms with Crippen molar-refractivity contribution < 1.29 is 4.79 Å². The zero-order valence-corrected chi connectivity index (χ0v) is 14.8. The number of unbranched alkanes of at least 4 members (excludes halogenated alkanes) is 1. The summed E-state index contributed by atoms with van der Waals surface area (Å²) in [6, 6.07) is 8.12. The number of amides is 1. The van der Waals surface area contributed by atoms with Gasteiger partial charge in [-0.05, 0) is 12.0 Å². The van der Waals surface area contributed by atoms with Gasteiger partial charge in [0.1, 0.15) is 5.01 Å². The zero-order valence-electron chi connectivity index (χ0n) is 14.0. The molecule has 0 atom stereocenters. The molecule has 24 heavy (non-hydrogen) atoms. The van der Waals surface area contributed by atoms with Crippen LogP contribution < -0.4 is 5.32 Å². The second-order valence-corrected chi connectivity index (χ2v) is 6.60. The van der Waals surface area contributed by atoms with E-state index in [1.807, 2.05) is 35.7 Å². The fraction of sp³-hybridized carbons (Fsp3) is 0.412. The number of nitrogens with one attached hydrogen (secondary N) is 1. The van der Waals surface area contributed by atoms with Crippen LogP contribution in [0.1, 0.15) is 44.5 Å². The maximum absolute atomic E-state index is 11.7. The Balaban J connectivity index is 1.67. The fourth-order valence-electron chi connectivity index (χ4n) is 2.39. The van der Waals surface area contributed by atoms with Crippen molar-refractivity contribution in [2.75, 3.05) is 0 Å². The van der Waals surface area contributed by atoms with Gasteiger partial charge in [0.15, 0.2) is 5.82 Å². The number of carbonyl (C=O) groups excluding carboxylic acids is 1. The summed E-state index contributed by atoms with van der Waals surface area (Å²) in [6.07, 6.45) is 3.38. The Labute approximate surface area is 144 Å². The molecule has 2 aromatic heterocycles. The van der Waals surface area contributed by atoms with Crippen molar-refractivity contribution in [1.29, 1.82) is 0 Å². The molecule has 0 saturated heterocycles. The van der Waals surface area contributed by atoms with Crippen molar-refractivity contribution in [3.63, 3.8) is 0 Å². The fourth-order valence-corrected chi connectivity index (χ4v) is 3.25. The minimum Gasteiger partial charge on any atom is -0.352 e. The van der Waals surface area contributed by atoms with Crippen LogP contribution in [0.15, 0.2) is 24.3 Å². The van der Waals surface area contributed by atoms with Crippen LogP contribution in [0, 0.1) is 0 Å². The molecule has 1 N–H and O–H groups in total. The molecule has 0 fully saturated rings. The molecule has 0 bridgehead atoms. The van der Waals surface area contributed by atoms with Gasteiger partial charge in [-0.15, -0.1) is 10.2 Å². The second kappa shape index (κ2) is 7.53. The molecule has 6 nitrogen and oxygen atoms in total. The summed E-state index contributed by atoms with van der Waals surface area (Å²) >= 11 is 1.53. The van der Waals surface area contributed by atoms with Gasteiger partial charge in [0.25, 0.3) is 0 Å².